The van der Waals surface area contributed by atoms with Crippen LogP contribution in [0.15, 0.2) is 93.9 Å². The van der Waals surface area contributed by atoms with Crippen LogP contribution in [-0.2, 0) is 0 Å². The van der Waals surface area contributed by atoms with Gasteiger partial charge in [0.1, 0.15) is 0 Å². The van der Waals surface area contributed by atoms with Crippen molar-refractivity contribution >= 4 is 27.5 Å². The lowest BCUT2D eigenvalue weighted by Crippen LogP contribution is -2.13. The lowest BCUT2D eigenvalue weighted by atomic mass is 10.1. The summed E-state index contributed by atoms with van der Waals surface area (Å²) in [7, 11) is 0. The van der Waals surface area contributed by atoms with Crippen LogP contribution in [0.5, 0.6) is 0 Å². The highest BCUT2D eigenvalue weighted by molar-refractivity contribution is 9.10. The summed E-state index contributed by atoms with van der Waals surface area (Å²) in [5, 5.41) is 2.90. The SMILES string of the molecule is O=C(Nc1ccccc1)c1ccccc1-c1ncc(-c2cccc(Br)c2)o1. The van der Waals surface area contributed by atoms with Gasteiger partial charge in [-0.25, -0.2) is 4.98 Å². The van der Waals surface area contributed by atoms with E-state index < -0.39 is 0 Å². The average Bonchev–Trinajstić information content (AvgIpc) is 3.19. The zero-order valence-electron chi connectivity index (χ0n) is 14.2. The lowest BCUT2D eigenvalue weighted by molar-refractivity contribution is 0.102. The van der Waals surface area contributed by atoms with E-state index in [9.17, 15) is 4.79 Å². The molecule has 0 unspecified atom stereocenters. The third-order valence-electron chi connectivity index (χ3n) is 4.05. The summed E-state index contributed by atoms with van der Waals surface area (Å²) < 4.78 is 6.90. The van der Waals surface area contributed by atoms with Gasteiger partial charge in [0.25, 0.3) is 5.91 Å². The maximum absolute atomic E-state index is 12.7. The molecule has 0 saturated carbocycles. The molecule has 1 amide bonds. The number of carbonyl (C=O) groups excluding carboxylic acids is 1. The summed E-state index contributed by atoms with van der Waals surface area (Å²) >= 11 is 3.46. The smallest absolute Gasteiger partial charge is 0.256 e. The molecule has 5 heteroatoms. The third kappa shape index (κ3) is 3.83. The van der Waals surface area contributed by atoms with Gasteiger partial charge in [0.05, 0.1) is 11.8 Å². The second kappa shape index (κ2) is 7.60. The fraction of sp³-hybridized carbons (Fsp3) is 0. The normalized spacial score (nSPS) is 10.6. The maximum Gasteiger partial charge on any atom is 0.256 e. The standard InChI is InChI=1S/C22H15BrN2O2/c23-16-8-6-7-15(13-16)20-14-24-22(27-20)19-12-5-4-11-18(19)21(26)25-17-9-2-1-3-10-17/h1-14H,(H,25,26). The van der Waals surface area contributed by atoms with Crippen molar-refractivity contribution in [3.63, 3.8) is 0 Å². The van der Waals surface area contributed by atoms with Crippen LogP contribution in [0.3, 0.4) is 0 Å². The van der Waals surface area contributed by atoms with Crippen molar-refractivity contribution in [2.45, 2.75) is 0 Å². The van der Waals surface area contributed by atoms with Crippen LogP contribution in [0.4, 0.5) is 5.69 Å². The van der Waals surface area contributed by atoms with Gasteiger partial charge in [0, 0.05) is 21.3 Å². The first-order valence-electron chi connectivity index (χ1n) is 8.38. The van der Waals surface area contributed by atoms with E-state index in [0.717, 1.165) is 15.7 Å². The number of nitrogens with zero attached hydrogens (tertiary/aromatic N) is 1. The van der Waals surface area contributed by atoms with Crippen LogP contribution in [-0.4, -0.2) is 10.9 Å². The molecule has 3 aromatic carbocycles. The second-order valence-electron chi connectivity index (χ2n) is 5.91. The molecule has 1 heterocycles. The molecule has 0 radical (unpaired) electrons. The fourth-order valence-corrected chi connectivity index (χ4v) is 3.16. The lowest BCUT2D eigenvalue weighted by Gasteiger charge is -2.08. The van der Waals surface area contributed by atoms with Crippen LogP contribution >= 0.6 is 15.9 Å². The quantitative estimate of drug-likeness (QED) is 0.440. The van der Waals surface area contributed by atoms with Gasteiger partial charge in [-0.2, -0.15) is 0 Å². The molecular weight excluding hydrogens is 404 g/mol. The summed E-state index contributed by atoms with van der Waals surface area (Å²) in [6, 6.07) is 24.4. The Morgan fingerprint density at radius 3 is 2.52 bits per heavy atom. The molecule has 0 spiro atoms. The van der Waals surface area contributed by atoms with Gasteiger partial charge in [-0.1, -0.05) is 58.4 Å². The highest BCUT2D eigenvalue weighted by Crippen LogP contribution is 2.29. The van der Waals surface area contributed by atoms with Crippen LogP contribution in [0.1, 0.15) is 10.4 Å². The molecule has 0 bridgehead atoms. The highest BCUT2D eigenvalue weighted by atomic mass is 79.9. The van der Waals surface area contributed by atoms with Crippen LogP contribution in [0.2, 0.25) is 0 Å². The van der Waals surface area contributed by atoms with Crippen LogP contribution in [0, 0.1) is 0 Å². The van der Waals surface area contributed by atoms with Crippen molar-refractivity contribution in [1.29, 1.82) is 0 Å². The zero-order chi connectivity index (χ0) is 18.6. The van der Waals surface area contributed by atoms with E-state index in [-0.39, 0.29) is 5.91 Å². The topological polar surface area (TPSA) is 55.1 Å². The zero-order valence-corrected chi connectivity index (χ0v) is 15.8. The minimum Gasteiger partial charge on any atom is -0.436 e. The maximum atomic E-state index is 12.7. The number of nitrogens with one attached hydrogen (secondary N) is 1. The number of anilines is 1. The molecule has 4 rings (SSSR count). The second-order valence-corrected chi connectivity index (χ2v) is 6.82. The van der Waals surface area contributed by atoms with Crippen molar-refractivity contribution in [2.75, 3.05) is 5.32 Å². The molecule has 4 nitrogen and oxygen atoms in total. The Hall–Kier alpha value is -3.18. The predicted octanol–water partition coefficient (Wildman–Crippen LogP) is 6.02. The Balaban J connectivity index is 1.66. The van der Waals surface area contributed by atoms with Crippen molar-refractivity contribution < 1.29 is 9.21 Å². The minimum atomic E-state index is -0.209. The first-order valence-corrected chi connectivity index (χ1v) is 9.17. The van der Waals surface area contributed by atoms with Crippen molar-refractivity contribution in [1.82, 2.24) is 4.98 Å². The van der Waals surface area contributed by atoms with Gasteiger partial charge in [0.2, 0.25) is 5.89 Å². The number of aromatic nitrogens is 1. The molecule has 0 aliphatic carbocycles. The molecule has 4 aromatic rings. The molecule has 0 fully saturated rings. The van der Waals surface area contributed by atoms with E-state index in [2.05, 4.69) is 26.2 Å². The first-order chi connectivity index (χ1) is 13.2. The monoisotopic (exact) mass is 418 g/mol. The van der Waals surface area contributed by atoms with E-state index in [1.54, 1.807) is 12.3 Å². The molecule has 0 aliphatic rings. The molecule has 132 valence electrons. The Bertz CT molecular complexity index is 1090. The van der Waals surface area contributed by atoms with Gasteiger partial charge >= 0.3 is 0 Å². The van der Waals surface area contributed by atoms with Crippen LogP contribution in [0.25, 0.3) is 22.8 Å². The van der Waals surface area contributed by atoms with Gasteiger partial charge in [-0.05, 0) is 36.4 Å². The third-order valence-corrected chi connectivity index (χ3v) is 4.54. The largest absolute Gasteiger partial charge is 0.436 e. The molecular formula is C22H15BrN2O2. The minimum absolute atomic E-state index is 0.209. The Morgan fingerprint density at radius 1 is 0.926 bits per heavy atom. The highest BCUT2D eigenvalue weighted by Gasteiger charge is 2.17. The van der Waals surface area contributed by atoms with E-state index >= 15 is 0 Å². The Kier molecular flexibility index (Phi) is 4.85. The first kappa shape index (κ1) is 17.2. The number of carbonyl (C=O) groups is 1. The number of oxazole rings is 1. The predicted molar refractivity (Wildman–Crippen MR) is 109 cm³/mol. The number of rotatable bonds is 4. The van der Waals surface area contributed by atoms with Crippen LogP contribution < -0.4 is 5.32 Å². The van der Waals surface area contributed by atoms with E-state index in [1.165, 1.54) is 0 Å². The number of para-hydroxylation sites is 1. The number of hydrogen-bond acceptors (Lipinski definition) is 3. The summed E-state index contributed by atoms with van der Waals surface area (Å²) in [6.07, 6.45) is 1.67. The molecule has 0 atom stereocenters. The summed E-state index contributed by atoms with van der Waals surface area (Å²) in [6.45, 7) is 0. The number of amides is 1. The molecule has 27 heavy (non-hydrogen) atoms. The van der Waals surface area contributed by atoms with Gasteiger partial charge in [-0.15, -0.1) is 0 Å². The fourth-order valence-electron chi connectivity index (χ4n) is 2.76. The van der Waals surface area contributed by atoms with E-state index in [1.807, 2.05) is 72.8 Å². The summed E-state index contributed by atoms with van der Waals surface area (Å²) in [4.78, 5) is 17.1. The Labute approximate surface area is 165 Å². The van der Waals surface area contributed by atoms with Gasteiger partial charge in [0.15, 0.2) is 5.76 Å². The van der Waals surface area contributed by atoms with E-state index in [0.29, 0.717) is 22.8 Å². The summed E-state index contributed by atoms with van der Waals surface area (Å²) in [5.41, 5.74) is 2.80. The molecule has 0 aliphatic heterocycles. The molecule has 0 saturated heterocycles. The van der Waals surface area contributed by atoms with Gasteiger partial charge in [-0.3, -0.25) is 4.79 Å². The van der Waals surface area contributed by atoms with Crippen molar-refractivity contribution in [3.05, 3.63) is 95.1 Å². The van der Waals surface area contributed by atoms with Gasteiger partial charge < -0.3 is 9.73 Å². The number of halogens is 1. The van der Waals surface area contributed by atoms with Crippen molar-refractivity contribution in [3.8, 4) is 22.8 Å². The number of benzene rings is 3. The molecule has 1 N–H and O–H groups in total. The average molecular weight is 419 g/mol. The molecule has 1 aromatic heterocycles. The Morgan fingerprint density at radius 2 is 1.70 bits per heavy atom. The number of hydrogen-bond donors (Lipinski definition) is 1. The summed E-state index contributed by atoms with van der Waals surface area (Å²) in [5.74, 6) is 0.840. The van der Waals surface area contributed by atoms with E-state index in [4.69, 9.17) is 4.42 Å². The van der Waals surface area contributed by atoms with Crippen molar-refractivity contribution in [2.24, 2.45) is 0 Å².